The molecule has 4 rings (SSSR count). The number of nitrogens with zero attached hydrogens (tertiary/aromatic N) is 2. The fourth-order valence-corrected chi connectivity index (χ4v) is 4.87. The molecule has 5 nitrogen and oxygen atoms in total. The van der Waals surface area contributed by atoms with Crippen molar-refractivity contribution in [2.24, 2.45) is 0 Å². The van der Waals surface area contributed by atoms with Gasteiger partial charge < -0.3 is 14.6 Å². The van der Waals surface area contributed by atoms with Crippen LogP contribution >= 0.6 is 0 Å². The van der Waals surface area contributed by atoms with Crippen molar-refractivity contribution in [3.05, 3.63) is 132 Å². The highest BCUT2D eigenvalue weighted by Gasteiger charge is 2.18. The Hall–Kier alpha value is -4.38. The number of para-hydroxylation sites is 1. The van der Waals surface area contributed by atoms with Gasteiger partial charge in [0, 0.05) is 42.8 Å². The first kappa shape index (κ1) is 25.7. The maximum atomic E-state index is 11.3. The van der Waals surface area contributed by atoms with Crippen LogP contribution in [0.4, 0.5) is 0 Å². The molecular weight excluding hydrogens is 460 g/mol. The molecule has 0 radical (unpaired) electrons. The quantitative estimate of drug-likeness (QED) is 0.148. The minimum absolute atomic E-state index is 0.00459. The Bertz CT molecular complexity index is 1350. The molecule has 1 aromatic heterocycles. The Balaban J connectivity index is 1.55. The molecule has 0 amide bonds. The van der Waals surface area contributed by atoms with Crippen LogP contribution in [0.3, 0.4) is 0 Å². The molecule has 0 aliphatic carbocycles. The molecule has 0 aliphatic rings. The predicted octanol–water partition coefficient (Wildman–Crippen LogP) is 6.06. The predicted molar refractivity (Wildman–Crippen MR) is 149 cm³/mol. The van der Waals surface area contributed by atoms with Gasteiger partial charge in [-0.15, -0.1) is 0 Å². The third-order valence-electron chi connectivity index (χ3n) is 6.47. The summed E-state index contributed by atoms with van der Waals surface area (Å²) in [6, 6.07) is 28.6. The lowest BCUT2D eigenvalue weighted by Crippen LogP contribution is -2.16. The molecule has 0 fully saturated rings. The van der Waals surface area contributed by atoms with E-state index < -0.39 is 5.97 Å². The standard InChI is InChI=1S/C32H32N2O3/c1-33(20-10-16-27-23-34(24-31(36)37)30-19-9-8-18-29(27)30)22-28(17-11-21-35)32(25-12-4-2-5-13-25)26-14-6-3-7-15-26/h2-9,11-15,17-19,21-23,32H,10,16,20,24H2,1H3,(H,36,37)/b17-11-,28-22+. The summed E-state index contributed by atoms with van der Waals surface area (Å²) in [4.78, 5) is 24.7. The summed E-state index contributed by atoms with van der Waals surface area (Å²) in [6.45, 7) is 0.767. The van der Waals surface area contributed by atoms with Crippen molar-refractivity contribution in [2.45, 2.75) is 25.3 Å². The third kappa shape index (κ3) is 6.64. The van der Waals surface area contributed by atoms with Crippen LogP contribution in [0.1, 0.15) is 29.0 Å². The lowest BCUT2D eigenvalue weighted by Gasteiger charge is -2.23. The summed E-state index contributed by atoms with van der Waals surface area (Å²) in [5.41, 5.74) is 5.46. The minimum atomic E-state index is -0.848. The molecule has 0 atom stereocenters. The van der Waals surface area contributed by atoms with E-state index in [2.05, 4.69) is 48.5 Å². The van der Waals surface area contributed by atoms with Crippen LogP contribution in [0.15, 0.2) is 115 Å². The zero-order chi connectivity index (χ0) is 26.0. The summed E-state index contributed by atoms with van der Waals surface area (Å²) in [5.74, 6) is -0.852. The smallest absolute Gasteiger partial charge is 0.323 e. The number of aldehydes is 1. The van der Waals surface area contributed by atoms with E-state index in [0.29, 0.717) is 0 Å². The van der Waals surface area contributed by atoms with E-state index in [-0.39, 0.29) is 12.5 Å². The Morgan fingerprint density at radius 2 is 1.57 bits per heavy atom. The molecule has 1 N–H and O–H groups in total. The molecule has 4 aromatic rings. The number of aromatic nitrogens is 1. The van der Waals surface area contributed by atoms with Crippen molar-refractivity contribution in [1.29, 1.82) is 0 Å². The first-order valence-corrected chi connectivity index (χ1v) is 12.5. The van der Waals surface area contributed by atoms with Crippen molar-refractivity contribution >= 4 is 23.2 Å². The van der Waals surface area contributed by atoms with Gasteiger partial charge in [-0.1, -0.05) is 84.9 Å². The average Bonchev–Trinajstić information content (AvgIpc) is 3.25. The number of carbonyl (C=O) groups is 2. The van der Waals surface area contributed by atoms with Crippen LogP contribution in [0.2, 0.25) is 0 Å². The highest BCUT2D eigenvalue weighted by molar-refractivity contribution is 5.85. The SMILES string of the molecule is CN(/C=C(\C=C/C=O)C(c1ccccc1)c1ccccc1)CCCc1cn(CC(=O)O)c2ccccc12. The second-order valence-electron chi connectivity index (χ2n) is 9.16. The number of hydrogen-bond donors (Lipinski definition) is 1. The van der Waals surface area contributed by atoms with E-state index in [1.165, 1.54) is 0 Å². The zero-order valence-corrected chi connectivity index (χ0v) is 21.0. The highest BCUT2D eigenvalue weighted by Crippen LogP contribution is 2.33. The number of aryl methyl sites for hydroxylation is 1. The summed E-state index contributed by atoms with van der Waals surface area (Å²) in [6.07, 6.45) is 10.1. The number of fused-ring (bicyclic) bond motifs is 1. The maximum absolute atomic E-state index is 11.3. The minimum Gasteiger partial charge on any atom is -0.480 e. The Labute approximate surface area is 218 Å². The van der Waals surface area contributed by atoms with Gasteiger partial charge in [0.25, 0.3) is 0 Å². The van der Waals surface area contributed by atoms with Gasteiger partial charge >= 0.3 is 5.97 Å². The van der Waals surface area contributed by atoms with Crippen molar-refractivity contribution < 1.29 is 14.7 Å². The number of hydrogen-bond acceptors (Lipinski definition) is 3. The first-order chi connectivity index (χ1) is 18.1. The van der Waals surface area contributed by atoms with Gasteiger partial charge in [0.2, 0.25) is 0 Å². The second kappa shape index (κ2) is 12.5. The number of aliphatic carboxylic acids is 1. The van der Waals surface area contributed by atoms with Gasteiger partial charge in [-0.3, -0.25) is 9.59 Å². The highest BCUT2D eigenvalue weighted by atomic mass is 16.4. The normalized spacial score (nSPS) is 11.9. The van der Waals surface area contributed by atoms with Crippen molar-refractivity contribution in [2.75, 3.05) is 13.6 Å². The molecule has 188 valence electrons. The summed E-state index contributed by atoms with van der Waals surface area (Å²) >= 11 is 0. The van der Waals surface area contributed by atoms with Crippen LogP contribution in [0, 0.1) is 0 Å². The molecule has 1 heterocycles. The van der Waals surface area contributed by atoms with Gasteiger partial charge in [0.15, 0.2) is 0 Å². The lowest BCUT2D eigenvalue weighted by atomic mass is 9.85. The molecule has 0 bridgehead atoms. The second-order valence-corrected chi connectivity index (χ2v) is 9.16. The molecule has 37 heavy (non-hydrogen) atoms. The Morgan fingerprint density at radius 1 is 0.946 bits per heavy atom. The fraction of sp³-hybridized carbons (Fsp3) is 0.188. The van der Waals surface area contributed by atoms with E-state index in [9.17, 15) is 14.7 Å². The van der Waals surface area contributed by atoms with E-state index in [0.717, 1.165) is 58.8 Å². The van der Waals surface area contributed by atoms with Crippen LogP contribution in [0.25, 0.3) is 10.9 Å². The number of benzene rings is 3. The average molecular weight is 493 g/mol. The van der Waals surface area contributed by atoms with Gasteiger partial charge in [-0.25, -0.2) is 0 Å². The van der Waals surface area contributed by atoms with Gasteiger partial charge in [0.1, 0.15) is 12.8 Å². The third-order valence-corrected chi connectivity index (χ3v) is 6.47. The lowest BCUT2D eigenvalue weighted by molar-refractivity contribution is -0.137. The largest absolute Gasteiger partial charge is 0.480 e. The van der Waals surface area contributed by atoms with Gasteiger partial charge in [0.05, 0.1) is 0 Å². The number of carboxylic acids is 1. The Kier molecular flexibility index (Phi) is 8.71. The van der Waals surface area contributed by atoms with Crippen molar-refractivity contribution in [1.82, 2.24) is 9.47 Å². The number of allylic oxidation sites excluding steroid dienone is 3. The van der Waals surface area contributed by atoms with Crippen molar-refractivity contribution in [3.63, 3.8) is 0 Å². The monoisotopic (exact) mass is 492 g/mol. The Morgan fingerprint density at radius 3 is 2.19 bits per heavy atom. The molecule has 0 unspecified atom stereocenters. The van der Waals surface area contributed by atoms with Gasteiger partial charge in [-0.2, -0.15) is 0 Å². The summed E-state index contributed by atoms with van der Waals surface area (Å²) in [5, 5.41) is 10.4. The van der Waals surface area contributed by atoms with Crippen LogP contribution in [-0.4, -0.2) is 40.4 Å². The van der Waals surface area contributed by atoms with E-state index in [1.54, 1.807) is 6.08 Å². The summed E-state index contributed by atoms with van der Waals surface area (Å²) in [7, 11) is 2.05. The molecular formula is C32H32N2O3. The zero-order valence-electron chi connectivity index (χ0n) is 21.0. The molecule has 0 saturated carbocycles. The summed E-state index contributed by atoms with van der Waals surface area (Å²) < 4.78 is 1.81. The topological polar surface area (TPSA) is 62.5 Å². The molecule has 0 saturated heterocycles. The van der Waals surface area contributed by atoms with Crippen LogP contribution in [0.5, 0.6) is 0 Å². The van der Waals surface area contributed by atoms with Crippen LogP contribution < -0.4 is 0 Å². The number of carbonyl (C=O) groups excluding carboxylic acids is 1. The molecule has 0 spiro atoms. The van der Waals surface area contributed by atoms with E-state index >= 15 is 0 Å². The van der Waals surface area contributed by atoms with Crippen molar-refractivity contribution in [3.8, 4) is 0 Å². The molecule has 3 aromatic carbocycles. The van der Waals surface area contributed by atoms with E-state index in [4.69, 9.17) is 0 Å². The number of carboxylic acid groups (broad SMARTS) is 1. The first-order valence-electron chi connectivity index (χ1n) is 12.5. The van der Waals surface area contributed by atoms with Crippen LogP contribution in [-0.2, 0) is 22.6 Å². The number of rotatable bonds is 12. The molecule has 0 aliphatic heterocycles. The fourth-order valence-electron chi connectivity index (χ4n) is 4.87. The molecule has 5 heteroatoms. The van der Waals surface area contributed by atoms with Gasteiger partial charge in [-0.05, 0) is 47.2 Å². The maximum Gasteiger partial charge on any atom is 0.323 e. The van der Waals surface area contributed by atoms with E-state index in [1.807, 2.05) is 71.4 Å².